The standard InChI is InChI=1S/C17H16F6N2S.ClH/c18-16(19,20)13-7-12(8-14(9-13)17(21,22)23)15(11-1-6-26-10-11)25-4-2-24-3-5-25;/h1,6-10,15,24H,2-5H2;1H/t15-;/m0./s1. The zero-order valence-electron chi connectivity index (χ0n) is 13.9. The van der Waals surface area contributed by atoms with E-state index in [0.29, 0.717) is 31.7 Å². The van der Waals surface area contributed by atoms with Crippen LogP contribution in [0, 0.1) is 0 Å². The molecule has 0 bridgehead atoms. The van der Waals surface area contributed by atoms with Gasteiger partial charge in [0.25, 0.3) is 0 Å². The van der Waals surface area contributed by atoms with Gasteiger partial charge in [-0.15, -0.1) is 12.4 Å². The minimum Gasteiger partial charge on any atom is -0.314 e. The van der Waals surface area contributed by atoms with E-state index >= 15 is 0 Å². The molecule has 10 heteroatoms. The van der Waals surface area contributed by atoms with Crippen molar-refractivity contribution in [3.05, 3.63) is 57.3 Å². The highest BCUT2D eigenvalue weighted by Gasteiger charge is 2.38. The number of hydrogen-bond acceptors (Lipinski definition) is 3. The molecule has 3 rings (SSSR count). The highest BCUT2D eigenvalue weighted by atomic mass is 35.5. The average Bonchev–Trinajstić information content (AvgIpc) is 3.08. The van der Waals surface area contributed by atoms with Gasteiger partial charge in [0.2, 0.25) is 0 Å². The zero-order valence-corrected chi connectivity index (χ0v) is 15.5. The summed E-state index contributed by atoms with van der Waals surface area (Å²) in [5, 5.41) is 6.67. The molecule has 1 aromatic heterocycles. The Kier molecular flexibility index (Phi) is 6.83. The van der Waals surface area contributed by atoms with E-state index in [1.165, 1.54) is 11.3 Å². The molecule has 0 saturated carbocycles. The van der Waals surface area contributed by atoms with Crippen molar-refractivity contribution in [2.24, 2.45) is 0 Å². The summed E-state index contributed by atoms with van der Waals surface area (Å²) in [6.45, 7) is 2.34. The Bertz CT molecular complexity index is 707. The van der Waals surface area contributed by atoms with Crippen LogP contribution in [0.5, 0.6) is 0 Å². The normalized spacial score (nSPS) is 17.4. The first-order chi connectivity index (χ1) is 12.2. The van der Waals surface area contributed by atoms with Gasteiger partial charge in [-0.25, -0.2) is 0 Å². The molecule has 1 aromatic carbocycles. The largest absolute Gasteiger partial charge is 0.416 e. The lowest BCUT2D eigenvalue weighted by Gasteiger charge is -2.35. The fourth-order valence-electron chi connectivity index (χ4n) is 3.12. The van der Waals surface area contributed by atoms with Crippen molar-refractivity contribution < 1.29 is 26.3 Å². The van der Waals surface area contributed by atoms with Gasteiger partial charge < -0.3 is 5.32 Å². The molecule has 1 atom stereocenters. The predicted molar refractivity (Wildman–Crippen MR) is 94.3 cm³/mol. The minimum atomic E-state index is -4.85. The van der Waals surface area contributed by atoms with Gasteiger partial charge in [-0.05, 0) is 46.2 Å². The number of benzene rings is 1. The lowest BCUT2D eigenvalue weighted by atomic mass is 9.94. The Morgan fingerprint density at radius 2 is 1.44 bits per heavy atom. The van der Waals surface area contributed by atoms with E-state index in [2.05, 4.69) is 5.32 Å². The van der Waals surface area contributed by atoms with Crippen LogP contribution < -0.4 is 5.32 Å². The summed E-state index contributed by atoms with van der Waals surface area (Å²) in [5.74, 6) is 0. The Hall–Kier alpha value is -1.29. The van der Waals surface area contributed by atoms with Gasteiger partial charge in [0.15, 0.2) is 0 Å². The van der Waals surface area contributed by atoms with E-state index in [-0.39, 0.29) is 24.0 Å². The summed E-state index contributed by atoms with van der Waals surface area (Å²) in [6, 6.07) is 2.93. The van der Waals surface area contributed by atoms with Crippen LogP contribution in [0.3, 0.4) is 0 Å². The molecular weight excluding hydrogens is 414 g/mol. The van der Waals surface area contributed by atoms with Crippen molar-refractivity contribution in [3.63, 3.8) is 0 Å². The summed E-state index contributed by atoms with van der Waals surface area (Å²) in [6.07, 6.45) is -9.70. The molecule has 2 heterocycles. The van der Waals surface area contributed by atoms with Crippen molar-refractivity contribution in [2.45, 2.75) is 18.4 Å². The summed E-state index contributed by atoms with van der Waals surface area (Å²) >= 11 is 1.36. The number of piperazine rings is 1. The smallest absolute Gasteiger partial charge is 0.314 e. The summed E-state index contributed by atoms with van der Waals surface area (Å²) in [7, 11) is 0. The van der Waals surface area contributed by atoms with Crippen molar-refractivity contribution in [3.8, 4) is 0 Å². The third-order valence-corrected chi connectivity index (χ3v) is 5.00. The first-order valence-corrected chi connectivity index (χ1v) is 8.87. The van der Waals surface area contributed by atoms with Crippen LogP contribution in [0.4, 0.5) is 26.3 Å². The molecule has 2 aromatic rings. The highest BCUT2D eigenvalue weighted by molar-refractivity contribution is 7.08. The molecule has 1 aliphatic rings. The van der Waals surface area contributed by atoms with E-state index in [1.54, 1.807) is 16.8 Å². The number of thiophene rings is 1. The molecule has 0 aliphatic carbocycles. The van der Waals surface area contributed by atoms with Crippen LogP contribution in [-0.4, -0.2) is 31.1 Å². The molecule has 1 saturated heterocycles. The van der Waals surface area contributed by atoms with Gasteiger partial charge in [0, 0.05) is 26.2 Å². The fourth-order valence-corrected chi connectivity index (χ4v) is 3.80. The molecule has 0 radical (unpaired) electrons. The van der Waals surface area contributed by atoms with E-state index in [0.717, 1.165) is 12.1 Å². The van der Waals surface area contributed by atoms with Gasteiger partial charge in [-0.3, -0.25) is 4.90 Å². The second-order valence-corrected chi connectivity index (χ2v) is 6.86. The Morgan fingerprint density at radius 1 is 0.889 bits per heavy atom. The van der Waals surface area contributed by atoms with E-state index < -0.39 is 29.5 Å². The van der Waals surface area contributed by atoms with Crippen LogP contribution >= 0.6 is 23.7 Å². The zero-order chi connectivity index (χ0) is 18.9. The Morgan fingerprint density at radius 3 is 1.89 bits per heavy atom. The van der Waals surface area contributed by atoms with Crippen molar-refractivity contribution >= 4 is 23.7 Å². The third kappa shape index (κ3) is 5.16. The number of nitrogens with one attached hydrogen (secondary N) is 1. The molecule has 0 spiro atoms. The summed E-state index contributed by atoms with van der Waals surface area (Å²) < 4.78 is 79.2. The molecule has 1 N–H and O–H groups in total. The predicted octanol–water partition coefficient (Wildman–Crippen LogP) is 5.20. The first-order valence-electron chi connectivity index (χ1n) is 7.92. The second kappa shape index (κ2) is 8.38. The topological polar surface area (TPSA) is 15.3 Å². The second-order valence-electron chi connectivity index (χ2n) is 6.08. The lowest BCUT2D eigenvalue weighted by molar-refractivity contribution is -0.143. The number of alkyl halides is 6. The fraction of sp³-hybridized carbons (Fsp3) is 0.412. The number of rotatable bonds is 3. The van der Waals surface area contributed by atoms with Crippen molar-refractivity contribution in [1.29, 1.82) is 0 Å². The van der Waals surface area contributed by atoms with Gasteiger partial charge >= 0.3 is 12.4 Å². The molecule has 1 fully saturated rings. The summed E-state index contributed by atoms with van der Waals surface area (Å²) in [4.78, 5) is 1.91. The van der Waals surface area contributed by atoms with Crippen LogP contribution in [0.25, 0.3) is 0 Å². The maximum absolute atomic E-state index is 13.2. The Labute approximate surface area is 162 Å². The molecule has 1 aliphatic heterocycles. The number of nitrogens with zero attached hydrogens (tertiary/aromatic N) is 1. The maximum Gasteiger partial charge on any atom is 0.416 e. The van der Waals surface area contributed by atoms with Crippen molar-refractivity contribution in [1.82, 2.24) is 10.2 Å². The molecule has 150 valence electrons. The van der Waals surface area contributed by atoms with Crippen molar-refractivity contribution in [2.75, 3.05) is 26.2 Å². The van der Waals surface area contributed by atoms with Crippen LogP contribution in [-0.2, 0) is 12.4 Å². The van der Waals surface area contributed by atoms with Gasteiger partial charge in [-0.1, -0.05) is 0 Å². The highest BCUT2D eigenvalue weighted by Crippen LogP contribution is 2.40. The van der Waals surface area contributed by atoms with Crippen LogP contribution in [0.2, 0.25) is 0 Å². The average molecular weight is 431 g/mol. The van der Waals surface area contributed by atoms with E-state index in [4.69, 9.17) is 0 Å². The molecule has 0 amide bonds. The van der Waals surface area contributed by atoms with E-state index in [9.17, 15) is 26.3 Å². The van der Waals surface area contributed by atoms with Crippen LogP contribution in [0.1, 0.15) is 28.3 Å². The summed E-state index contributed by atoms with van der Waals surface area (Å²) in [5.41, 5.74) is -1.85. The Balaban J connectivity index is 0.00000261. The lowest BCUT2D eigenvalue weighted by Crippen LogP contribution is -2.45. The van der Waals surface area contributed by atoms with Gasteiger partial charge in [0.05, 0.1) is 17.2 Å². The maximum atomic E-state index is 13.2. The van der Waals surface area contributed by atoms with E-state index in [1.807, 2.05) is 4.90 Å². The first kappa shape index (κ1) is 22.0. The third-order valence-electron chi connectivity index (χ3n) is 4.30. The molecular formula is C17H17ClF6N2S. The molecule has 2 nitrogen and oxygen atoms in total. The monoisotopic (exact) mass is 430 g/mol. The molecule has 0 unspecified atom stereocenters. The van der Waals surface area contributed by atoms with Gasteiger partial charge in [-0.2, -0.15) is 37.7 Å². The number of hydrogen-bond donors (Lipinski definition) is 1. The quantitative estimate of drug-likeness (QED) is 0.673. The number of halogens is 7. The van der Waals surface area contributed by atoms with Gasteiger partial charge in [0.1, 0.15) is 0 Å². The van der Waals surface area contributed by atoms with Crippen LogP contribution in [0.15, 0.2) is 35.0 Å². The minimum absolute atomic E-state index is 0. The SMILES string of the molecule is Cl.FC(F)(F)c1cc([C@H](c2ccsc2)N2CCNCC2)cc(C(F)(F)F)c1. The molecule has 27 heavy (non-hydrogen) atoms.